The molecule has 1 rings (SSSR count). The molecule has 6 nitrogen and oxygen atoms in total. The Morgan fingerprint density at radius 1 is 1.40 bits per heavy atom. The third-order valence-electron chi connectivity index (χ3n) is 2.66. The largest absolute Gasteiger partial charge is 0.360 e. The van der Waals surface area contributed by atoms with E-state index in [9.17, 15) is 8.42 Å². The first kappa shape index (κ1) is 16.8. The van der Waals surface area contributed by atoms with Gasteiger partial charge in [0.2, 0.25) is 10.0 Å². The van der Waals surface area contributed by atoms with Gasteiger partial charge in [-0.1, -0.05) is 13.3 Å². The van der Waals surface area contributed by atoms with Gasteiger partial charge in [-0.25, -0.2) is 13.6 Å². The van der Waals surface area contributed by atoms with Gasteiger partial charge in [0.25, 0.3) is 0 Å². The van der Waals surface area contributed by atoms with Crippen LogP contribution in [0.25, 0.3) is 0 Å². The second-order valence-electron chi connectivity index (χ2n) is 4.48. The topological polar surface area (TPSA) is 97.1 Å². The van der Waals surface area contributed by atoms with Crippen LogP contribution in [0.4, 0.5) is 5.69 Å². The first-order chi connectivity index (χ1) is 9.40. The molecule has 1 aromatic rings. The Hall–Kier alpha value is -1.25. The molecule has 1 heterocycles. The zero-order valence-corrected chi connectivity index (χ0v) is 13.0. The number of pyridine rings is 1. The second kappa shape index (κ2) is 8.13. The standard InChI is InChI=1S/C12H20N4O2S2/c1-2-3-10(6-9-20(13,17)18)15-12(19)16-11-4-7-14-8-5-11/h4-5,7-8,10H,2-3,6,9H2,1H3,(H2,13,17,18)(H2,14,15,16,19). The minimum absolute atomic E-state index is 0.0137. The molecule has 1 unspecified atom stereocenters. The van der Waals surface area contributed by atoms with Gasteiger partial charge in [-0.15, -0.1) is 0 Å². The predicted molar refractivity (Wildman–Crippen MR) is 84.9 cm³/mol. The van der Waals surface area contributed by atoms with E-state index >= 15 is 0 Å². The lowest BCUT2D eigenvalue weighted by molar-refractivity contribution is 0.530. The minimum Gasteiger partial charge on any atom is -0.360 e. The molecule has 0 aliphatic heterocycles. The minimum atomic E-state index is -3.44. The van der Waals surface area contributed by atoms with Crippen LogP contribution < -0.4 is 15.8 Å². The van der Waals surface area contributed by atoms with E-state index in [-0.39, 0.29) is 11.8 Å². The van der Waals surface area contributed by atoms with Crippen LogP contribution in [0.15, 0.2) is 24.5 Å². The van der Waals surface area contributed by atoms with Crippen LogP contribution in [0.3, 0.4) is 0 Å². The molecule has 0 fully saturated rings. The van der Waals surface area contributed by atoms with Gasteiger partial charge in [-0.05, 0) is 37.2 Å². The number of nitrogens with two attached hydrogens (primary N) is 1. The first-order valence-corrected chi connectivity index (χ1v) is 8.51. The average Bonchev–Trinajstić information content (AvgIpc) is 2.36. The van der Waals surface area contributed by atoms with Gasteiger partial charge in [-0.2, -0.15) is 0 Å². The molecule has 4 N–H and O–H groups in total. The fourth-order valence-electron chi connectivity index (χ4n) is 1.73. The molecule has 1 aromatic heterocycles. The molecule has 1 atom stereocenters. The summed E-state index contributed by atoms with van der Waals surface area (Å²) in [5.74, 6) is -0.0530. The number of nitrogens with zero attached hydrogens (tertiary/aromatic N) is 1. The van der Waals surface area contributed by atoms with Gasteiger partial charge >= 0.3 is 0 Å². The number of nitrogens with one attached hydrogen (secondary N) is 2. The highest BCUT2D eigenvalue weighted by Crippen LogP contribution is 2.06. The van der Waals surface area contributed by atoms with Crippen molar-refractivity contribution in [3.63, 3.8) is 0 Å². The van der Waals surface area contributed by atoms with Gasteiger partial charge in [0.1, 0.15) is 0 Å². The number of aromatic nitrogens is 1. The molecule has 112 valence electrons. The van der Waals surface area contributed by atoms with Crippen LogP contribution in [0.5, 0.6) is 0 Å². The van der Waals surface area contributed by atoms with Crippen molar-refractivity contribution in [3.05, 3.63) is 24.5 Å². The van der Waals surface area contributed by atoms with Crippen molar-refractivity contribution in [1.82, 2.24) is 10.3 Å². The molecule has 0 spiro atoms. The molecule has 0 aliphatic rings. The van der Waals surface area contributed by atoms with E-state index in [2.05, 4.69) is 15.6 Å². The van der Waals surface area contributed by atoms with E-state index in [4.69, 9.17) is 17.4 Å². The Morgan fingerprint density at radius 2 is 2.05 bits per heavy atom. The molecule has 0 saturated heterocycles. The average molecular weight is 316 g/mol. The Bertz CT molecular complexity index is 520. The summed E-state index contributed by atoms with van der Waals surface area (Å²) in [5, 5.41) is 11.6. The molecule has 0 amide bonds. The Labute approximate surface area is 125 Å². The number of sulfonamides is 1. The first-order valence-electron chi connectivity index (χ1n) is 6.38. The molecule has 20 heavy (non-hydrogen) atoms. The van der Waals surface area contributed by atoms with Crippen LogP contribution >= 0.6 is 12.2 Å². The smallest absolute Gasteiger partial charge is 0.209 e. The lowest BCUT2D eigenvalue weighted by Crippen LogP contribution is -2.39. The van der Waals surface area contributed by atoms with Crippen LogP contribution in [0.2, 0.25) is 0 Å². The third-order valence-corrected chi connectivity index (χ3v) is 3.69. The monoisotopic (exact) mass is 316 g/mol. The van der Waals surface area contributed by atoms with E-state index in [1.54, 1.807) is 24.5 Å². The number of thiocarbonyl (C=S) groups is 1. The van der Waals surface area contributed by atoms with Crippen molar-refractivity contribution in [2.24, 2.45) is 5.14 Å². The number of primary sulfonamides is 1. The summed E-state index contributed by atoms with van der Waals surface area (Å²) in [6.07, 6.45) is 5.52. The normalized spacial score (nSPS) is 12.7. The van der Waals surface area contributed by atoms with E-state index < -0.39 is 10.0 Å². The quantitative estimate of drug-likeness (QED) is 0.654. The van der Waals surface area contributed by atoms with Gasteiger partial charge in [0.15, 0.2) is 5.11 Å². The van der Waals surface area contributed by atoms with Gasteiger partial charge in [-0.3, -0.25) is 4.98 Å². The number of hydrogen-bond donors (Lipinski definition) is 3. The van der Waals surface area contributed by atoms with E-state index in [0.717, 1.165) is 18.5 Å². The third kappa shape index (κ3) is 7.37. The van der Waals surface area contributed by atoms with E-state index in [0.29, 0.717) is 11.5 Å². The zero-order valence-electron chi connectivity index (χ0n) is 11.4. The molecular formula is C12H20N4O2S2. The zero-order chi connectivity index (χ0) is 15.0. The van der Waals surface area contributed by atoms with Crippen molar-refractivity contribution in [3.8, 4) is 0 Å². The molecule has 0 saturated carbocycles. The molecule has 0 aliphatic carbocycles. The van der Waals surface area contributed by atoms with Crippen LogP contribution in [0.1, 0.15) is 26.2 Å². The van der Waals surface area contributed by atoms with Crippen molar-refractivity contribution in [2.75, 3.05) is 11.1 Å². The number of anilines is 1. The maximum atomic E-state index is 11.0. The van der Waals surface area contributed by atoms with Crippen molar-refractivity contribution in [1.29, 1.82) is 0 Å². The summed E-state index contributed by atoms with van der Waals surface area (Å²) < 4.78 is 22.0. The van der Waals surface area contributed by atoms with Crippen molar-refractivity contribution in [2.45, 2.75) is 32.2 Å². The van der Waals surface area contributed by atoms with Crippen LogP contribution in [0, 0.1) is 0 Å². The van der Waals surface area contributed by atoms with Gasteiger partial charge < -0.3 is 10.6 Å². The van der Waals surface area contributed by atoms with E-state index in [1.165, 1.54) is 0 Å². The Morgan fingerprint density at radius 3 is 2.60 bits per heavy atom. The van der Waals surface area contributed by atoms with Crippen molar-refractivity contribution >= 4 is 33.0 Å². The summed E-state index contributed by atoms with van der Waals surface area (Å²) in [7, 11) is -3.44. The highest BCUT2D eigenvalue weighted by atomic mass is 32.2. The maximum Gasteiger partial charge on any atom is 0.209 e. The molecule has 0 radical (unpaired) electrons. The van der Waals surface area contributed by atoms with E-state index in [1.807, 2.05) is 6.92 Å². The molecular weight excluding hydrogens is 296 g/mol. The highest BCUT2D eigenvalue weighted by Gasteiger charge is 2.13. The summed E-state index contributed by atoms with van der Waals surface area (Å²) in [6, 6.07) is 3.58. The van der Waals surface area contributed by atoms with Crippen LogP contribution in [-0.4, -0.2) is 30.3 Å². The van der Waals surface area contributed by atoms with Crippen LogP contribution in [-0.2, 0) is 10.0 Å². The summed E-state index contributed by atoms with van der Waals surface area (Å²) in [5.41, 5.74) is 0.833. The fraction of sp³-hybridized carbons (Fsp3) is 0.500. The summed E-state index contributed by atoms with van der Waals surface area (Å²) in [4.78, 5) is 3.92. The molecule has 0 aromatic carbocycles. The second-order valence-corrected chi connectivity index (χ2v) is 6.62. The van der Waals surface area contributed by atoms with Crippen molar-refractivity contribution < 1.29 is 8.42 Å². The molecule has 0 bridgehead atoms. The lowest BCUT2D eigenvalue weighted by atomic mass is 10.1. The predicted octanol–water partition coefficient (Wildman–Crippen LogP) is 1.22. The maximum absolute atomic E-state index is 11.0. The highest BCUT2D eigenvalue weighted by molar-refractivity contribution is 7.89. The molecule has 8 heteroatoms. The number of hydrogen-bond acceptors (Lipinski definition) is 4. The van der Waals surface area contributed by atoms with Gasteiger partial charge in [0, 0.05) is 24.1 Å². The lowest BCUT2D eigenvalue weighted by Gasteiger charge is -2.20. The number of rotatable bonds is 7. The fourth-order valence-corrected chi connectivity index (χ4v) is 2.63. The summed E-state index contributed by atoms with van der Waals surface area (Å²) in [6.45, 7) is 2.03. The Kier molecular flexibility index (Phi) is 6.83. The SMILES string of the molecule is CCCC(CCS(N)(=O)=O)NC(=S)Nc1ccncc1. The summed E-state index contributed by atoms with van der Waals surface area (Å²) >= 11 is 5.21. The van der Waals surface area contributed by atoms with Gasteiger partial charge in [0.05, 0.1) is 5.75 Å². The Balaban J connectivity index is 2.50.